The number of hydrogen-bond acceptors (Lipinski definition) is 3. The zero-order chi connectivity index (χ0) is 14.9. The van der Waals surface area contributed by atoms with Gasteiger partial charge in [-0.1, -0.05) is 0 Å². The van der Waals surface area contributed by atoms with Gasteiger partial charge in [0.05, 0.1) is 17.8 Å². The molecule has 0 bridgehead atoms. The van der Waals surface area contributed by atoms with E-state index in [4.69, 9.17) is 4.74 Å². The third kappa shape index (κ3) is 2.98. The summed E-state index contributed by atoms with van der Waals surface area (Å²) in [6.07, 6.45) is 9.91. The molecule has 0 atom stereocenters. The Hall–Kier alpha value is -1.55. The van der Waals surface area contributed by atoms with Crippen molar-refractivity contribution in [3.8, 4) is 5.75 Å². The molecule has 4 nitrogen and oxygen atoms in total. The molecule has 0 spiro atoms. The van der Waals surface area contributed by atoms with Crippen molar-refractivity contribution in [2.75, 3.05) is 6.54 Å². The first kappa shape index (κ1) is 14.1. The van der Waals surface area contributed by atoms with Gasteiger partial charge in [-0.05, 0) is 70.0 Å². The van der Waals surface area contributed by atoms with Crippen LogP contribution in [0.2, 0.25) is 0 Å². The highest BCUT2D eigenvalue weighted by molar-refractivity contribution is 5.83. The van der Waals surface area contributed by atoms with Crippen molar-refractivity contribution < 1.29 is 4.74 Å². The molecule has 1 aromatic heterocycles. The number of fused-ring (bicyclic) bond motifs is 1. The maximum absolute atomic E-state index is 6.28. The lowest BCUT2D eigenvalue weighted by atomic mass is 9.92. The van der Waals surface area contributed by atoms with Crippen molar-refractivity contribution >= 4 is 10.9 Å². The number of rotatable bonds is 5. The Labute approximate surface area is 131 Å². The van der Waals surface area contributed by atoms with Gasteiger partial charge in [-0.15, -0.1) is 0 Å². The average Bonchev–Trinajstić information content (AvgIpc) is 3.24. The van der Waals surface area contributed by atoms with Crippen molar-refractivity contribution in [1.29, 1.82) is 0 Å². The van der Waals surface area contributed by atoms with Crippen LogP contribution in [0.25, 0.3) is 10.9 Å². The molecule has 1 heterocycles. The van der Waals surface area contributed by atoms with Crippen molar-refractivity contribution in [3.63, 3.8) is 0 Å². The summed E-state index contributed by atoms with van der Waals surface area (Å²) in [5.41, 5.74) is 2.28. The fourth-order valence-electron chi connectivity index (χ4n) is 3.49. The average molecular weight is 299 g/mol. The van der Waals surface area contributed by atoms with Gasteiger partial charge in [0.25, 0.3) is 0 Å². The molecule has 4 heteroatoms. The number of nitrogens with one attached hydrogen (secondary N) is 2. The van der Waals surface area contributed by atoms with Crippen LogP contribution in [0, 0.1) is 12.8 Å². The predicted octanol–water partition coefficient (Wildman–Crippen LogP) is 3.56. The minimum atomic E-state index is 0.363. The van der Waals surface area contributed by atoms with Crippen LogP contribution in [0.4, 0.5) is 0 Å². The number of ether oxygens (including phenoxy) is 1. The highest BCUT2D eigenvalue weighted by Gasteiger charge is 2.26. The smallest absolute Gasteiger partial charge is 0.123 e. The van der Waals surface area contributed by atoms with Crippen LogP contribution in [0.5, 0.6) is 5.75 Å². The van der Waals surface area contributed by atoms with E-state index in [9.17, 15) is 0 Å². The molecule has 2 N–H and O–H groups in total. The largest absolute Gasteiger partial charge is 0.490 e. The first-order valence-electron chi connectivity index (χ1n) is 8.62. The SMILES string of the molecule is Cc1c(O[C@H]2CC[C@@H](NCC3CC3)CC2)ccc2[nH]ncc12. The van der Waals surface area contributed by atoms with E-state index < -0.39 is 0 Å². The highest BCUT2D eigenvalue weighted by Crippen LogP contribution is 2.31. The Morgan fingerprint density at radius 2 is 2.00 bits per heavy atom. The highest BCUT2D eigenvalue weighted by atomic mass is 16.5. The van der Waals surface area contributed by atoms with E-state index in [1.54, 1.807) is 0 Å². The third-order valence-corrected chi connectivity index (χ3v) is 5.20. The van der Waals surface area contributed by atoms with Gasteiger partial charge < -0.3 is 10.1 Å². The molecule has 2 fully saturated rings. The molecule has 22 heavy (non-hydrogen) atoms. The maximum Gasteiger partial charge on any atom is 0.123 e. The van der Waals surface area contributed by atoms with Gasteiger partial charge in [0, 0.05) is 17.0 Å². The molecule has 0 unspecified atom stereocenters. The minimum absolute atomic E-state index is 0.363. The van der Waals surface area contributed by atoms with Crippen LogP contribution < -0.4 is 10.1 Å². The van der Waals surface area contributed by atoms with Gasteiger partial charge in [-0.25, -0.2) is 0 Å². The Kier molecular flexibility index (Phi) is 3.78. The van der Waals surface area contributed by atoms with Crippen molar-refractivity contribution in [1.82, 2.24) is 15.5 Å². The molecule has 0 amide bonds. The molecule has 0 saturated heterocycles. The maximum atomic E-state index is 6.28. The Morgan fingerprint density at radius 1 is 1.18 bits per heavy atom. The molecule has 2 aliphatic carbocycles. The van der Waals surface area contributed by atoms with Gasteiger partial charge in [-0.3, -0.25) is 5.10 Å². The van der Waals surface area contributed by atoms with Crippen LogP contribution in [0.15, 0.2) is 18.3 Å². The number of nitrogens with zero attached hydrogens (tertiary/aromatic N) is 1. The first-order valence-corrected chi connectivity index (χ1v) is 8.62. The molecule has 2 aliphatic rings. The quantitative estimate of drug-likeness (QED) is 0.887. The number of aromatic amines is 1. The molecule has 4 rings (SSSR count). The number of aryl methyl sites for hydroxylation is 1. The summed E-state index contributed by atoms with van der Waals surface area (Å²) in [7, 11) is 0. The van der Waals surface area contributed by atoms with Crippen molar-refractivity contribution in [3.05, 3.63) is 23.9 Å². The van der Waals surface area contributed by atoms with Gasteiger partial charge in [0.15, 0.2) is 0 Å². The summed E-state index contributed by atoms with van der Waals surface area (Å²) in [6.45, 7) is 3.35. The van der Waals surface area contributed by atoms with Gasteiger partial charge in [-0.2, -0.15) is 5.10 Å². The Morgan fingerprint density at radius 3 is 2.77 bits per heavy atom. The van der Waals surface area contributed by atoms with E-state index in [1.165, 1.54) is 37.8 Å². The predicted molar refractivity (Wildman–Crippen MR) is 88.2 cm³/mol. The van der Waals surface area contributed by atoms with E-state index in [0.717, 1.165) is 35.4 Å². The third-order valence-electron chi connectivity index (χ3n) is 5.20. The number of hydrogen-bond donors (Lipinski definition) is 2. The first-order chi connectivity index (χ1) is 10.8. The fourth-order valence-corrected chi connectivity index (χ4v) is 3.49. The second kappa shape index (κ2) is 5.92. The summed E-state index contributed by atoms with van der Waals surface area (Å²) in [5.74, 6) is 1.99. The van der Waals surface area contributed by atoms with E-state index in [-0.39, 0.29) is 0 Å². The zero-order valence-electron chi connectivity index (χ0n) is 13.3. The van der Waals surface area contributed by atoms with E-state index in [0.29, 0.717) is 12.1 Å². The number of H-pyrrole nitrogens is 1. The Bertz CT molecular complexity index is 639. The summed E-state index contributed by atoms with van der Waals surface area (Å²) >= 11 is 0. The van der Waals surface area contributed by atoms with Gasteiger partial charge in [0.2, 0.25) is 0 Å². The van der Waals surface area contributed by atoms with Crippen LogP contribution in [-0.2, 0) is 0 Å². The monoisotopic (exact) mass is 299 g/mol. The molecule has 0 radical (unpaired) electrons. The molecule has 118 valence electrons. The summed E-state index contributed by atoms with van der Waals surface area (Å²) in [5, 5.41) is 12.0. The topological polar surface area (TPSA) is 49.9 Å². The molecule has 2 saturated carbocycles. The fraction of sp³-hybridized carbons (Fsp3) is 0.611. The number of benzene rings is 1. The van der Waals surface area contributed by atoms with Crippen LogP contribution in [0.1, 0.15) is 44.1 Å². The van der Waals surface area contributed by atoms with Gasteiger partial charge in [0.1, 0.15) is 5.75 Å². The van der Waals surface area contributed by atoms with Crippen molar-refractivity contribution in [2.24, 2.45) is 5.92 Å². The number of aromatic nitrogens is 2. The van der Waals surface area contributed by atoms with Gasteiger partial charge >= 0.3 is 0 Å². The second-order valence-electron chi connectivity index (χ2n) is 6.96. The normalized spacial score (nSPS) is 25.5. The van der Waals surface area contributed by atoms with Crippen LogP contribution in [-0.4, -0.2) is 28.9 Å². The Balaban J connectivity index is 1.34. The molecular weight excluding hydrogens is 274 g/mol. The standard InChI is InChI=1S/C18H25N3O/c1-12-16-11-20-21-17(16)8-9-18(12)22-15-6-4-14(5-7-15)19-10-13-2-3-13/h8-9,11,13-15,19H,2-7,10H2,1H3,(H,20,21)/t14-,15+. The summed E-state index contributed by atoms with van der Waals surface area (Å²) in [6, 6.07) is 4.85. The van der Waals surface area contributed by atoms with Crippen LogP contribution in [0.3, 0.4) is 0 Å². The van der Waals surface area contributed by atoms with Crippen molar-refractivity contribution in [2.45, 2.75) is 57.6 Å². The van der Waals surface area contributed by atoms with E-state index in [2.05, 4.69) is 34.6 Å². The minimum Gasteiger partial charge on any atom is -0.490 e. The van der Waals surface area contributed by atoms with Crippen LogP contribution >= 0.6 is 0 Å². The molecular formula is C18H25N3O. The summed E-state index contributed by atoms with van der Waals surface area (Å²) in [4.78, 5) is 0. The molecule has 2 aromatic rings. The lowest BCUT2D eigenvalue weighted by molar-refractivity contribution is 0.139. The zero-order valence-corrected chi connectivity index (χ0v) is 13.3. The molecule has 0 aliphatic heterocycles. The summed E-state index contributed by atoms with van der Waals surface area (Å²) < 4.78 is 6.28. The van der Waals surface area contributed by atoms with E-state index in [1.807, 2.05) is 6.20 Å². The van der Waals surface area contributed by atoms with E-state index >= 15 is 0 Å². The lowest BCUT2D eigenvalue weighted by Gasteiger charge is -2.30. The lowest BCUT2D eigenvalue weighted by Crippen LogP contribution is -2.37. The molecule has 1 aromatic carbocycles. The second-order valence-corrected chi connectivity index (χ2v) is 6.96.